The molecule has 0 radical (unpaired) electrons. The van der Waals surface area contributed by atoms with Gasteiger partial charge >= 0.3 is 0 Å². The van der Waals surface area contributed by atoms with E-state index in [4.69, 9.17) is 4.74 Å². The standard InChI is InChI=1S/C17H12F2N2O2/c1-23-12-4-2-3-10(7-12)8-15-17(22)21-16(20-15)11-5-6-13(18)14(19)9-11/h2-9H,1H3,(H,20,21,22)/b15-8+. The predicted molar refractivity (Wildman–Crippen MR) is 82.0 cm³/mol. The van der Waals surface area contributed by atoms with E-state index in [-0.39, 0.29) is 11.5 Å². The summed E-state index contributed by atoms with van der Waals surface area (Å²) >= 11 is 0. The lowest BCUT2D eigenvalue weighted by Gasteiger charge is -2.00. The highest BCUT2D eigenvalue weighted by Gasteiger charge is 2.21. The molecule has 1 aliphatic heterocycles. The molecule has 0 aromatic heterocycles. The summed E-state index contributed by atoms with van der Waals surface area (Å²) in [5.74, 6) is -1.52. The van der Waals surface area contributed by atoms with Gasteiger partial charge in [0.05, 0.1) is 7.11 Å². The third-order valence-corrected chi connectivity index (χ3v) is 3.29. The quantitative estimate of drug-likeness (QED) is 0.886. The molecule has 0 atom stereocenters. The molecule has 0 fully saturated rings. The van der Waals surface area contributed by atoms with Crippen molar-refractivity contribution >= 4 is 17.8 Å². The van der Waals surface area contributed by atoms with Crippen LogP contribution in [0.1, 0.15) is 11.1 Å². The van der Waals surface area contributed by atoms with Gasteiger partial charge in [0.25, 0.3) is 5.91 Å². The van der Waals surface area contributed by atoms with Crippen molar-refractivity contribution in [3.05, 3.63) is 70.9 Å². The van der Waals surface area contributed by atoms with Crippen LogP contribution < -0.4 is 10.1 Å². The fourth-order valence-corrected chi connectivity index (χ4v) is 2.14. The zero-order chi connectivity index (χ0) is 16.4. The van der Waals surface area contributed by atoms with Gasteiger partial charge in [-0.15, -0.1) is 0 Å². The first kappa shape index (κ1) is 14.9. The van der Waals surface area contributed by atoms with E-state index in [0.717, 1.165) is 17.7 Å². The lowest BCUT2D eigenvalue weighted by atomic mass is 10.2. The van der Waals surface area contributed by atoms with Crippen LogP contribution in [0, 0.1) is 11.6 Å². The highest BCUT2D eigenvalue weighted by molar-refractivity contribution is 6.19. The van der Waals surface area contributed by atoms with Gasteiger partial charge in [0, 0.05) is 5.56 Å². The molecule has 116 valence electrons. The highest BCUT2D eigenvalue weighted by Crippen LogP contribution is 2.19. The van der Waals surface area contributed by atoms with Gasteiger partial charge in [-0.3, -0.25) is 4.79 Å². The Kier molecular flexibility index (Phi) is 3.89. The number of hydrogen-bond donors (Lipinski definition) is 1. The number of nitrogens with one attached hydrogen (secondary N) is 1. The SMILES string of the molecule is COc1cccc(/C=C2/N=C(c3ccc(F)c(F)c3)NC2=O)c1. The molecule has 1 aliphatic rings. The molecule has 23 heavy (non-hydrogen) atoms. The predicted octanol–water partition coefficient (Wildman–Crippen LogP) is 2.89. The molecule has 0 saturated heterocycles. The molecule has 4 nitrogen and oxygen atoms in total. The van der Waals surface area contributed by atoms with Crippen molar-refractivity contribution in [2.24, 2.45) is 4.99 Å². The van der Waals surface area contributed by atoms with Crippen LogP contribution in [0.4, 0.5) is 8.78 Å². The maximum absolute atomic E-state index is 13.3. The normalized spacial score (nSPS) is 15.5. The van der Waals surface area contributed by atoms with Crippen LogP contribution in [0.15, 0.2) is 53.2 Å². The zero-order valence-electron chi connectivity index (χ0n) is 12.1. The number of carbonyl (C=O) groups is 1. The molecule has 3 rings (SSSR count). The van der Waals surface area contributed by atoms with E-state index in [1.165, 1.54) is 6.07 Å². The molecule has 2 aromatic carbocycles. The number of methoxy groups -OCH3 is 1. The average molecular weight is 314 g/mol. The first-order chi connectivity index (χ1) is 11.1. The van der Waals surface area contributed by atoms with Crippen molar-refractivity contribution in [2.75, 3.05) is 7.11 Å². The Hall–Kier alpha value is -3.02. The molecular formula is C17H12F2N2O2. The van der Waals surface area contributed by atoms with Gasteiger partial charge in [-0.1, -0.05) is 12.1 Å². The summed E-state index contributed by atoms with van der Waals surface area (Å²) in [6.07, 6.45) is 1.59. The Balaban J connectivity index is 1.94. The minimum atomic E-state index is -0.996. The Morgan fingerprint density at radius 1 is 1.13 bits per heavy atom. The molecule has 0 spiro atoms. The largest absolute Gasteiger partial charge is 0.497 e. The van der Waals surface area contributed by atoms with Gasteiger partial charge in [-0.05, 0) is 42.0 Å². The van der Waals surface area contributed by atoms with E-state index in [1.54, 1.807) is 37.5 Å². The highest BCUT2D eigenvalue weighted by atomic mass is 19.2. The third kappa shape index (κ3) is 3.11. The molecule has 1 amide bonds. The number of aliphatic imine (C=N–C) groups is 1. The maximum Gasteiger partial charge on any atom is 0.275 e. The number of ether oxygens (including phenoxy) is 1. The van der Waals surface area contributed by atoms with Gasteiger partial charge in [0.2, 0.25) is 0 Å². The van der Waals surface area contributed by atoms with Gasteiger partial charge in [-0.25, -0.2) is 13.8 Å². The Morgan fingerprint density at radius 3 is 2.70 bits per heavy atom. The Labute approximate surface area is 131 Å². The zero-order valence-corrected chi connectivity index (χ0v) is 12.1. The summed E-state index contributed by atoms with van der Waals surface area (Å²) in [6, 6.07) is 10.5. The summed E-state index contributed by atoms with van der Waals surface area (Å²) in [4.78, 5) is 16.1. The average Bonchev–Trinajstić information content (AvgIpc) is 2.91. The molecule has 0 unspecified atom stereocenters. The number of hydrogen-bond acceptors (Lipinski definition) is 3. The summed E-state index contributed by atoms with van der Waals surface area (Å²) in [6.45, 7) is 0. The van der Waals surface area contributed by atoms with Crippen molar-refractivity contribution in [2.45, 2.75) is 0 Å². The fourth-order valence-electron chi connectivity index (χ4n) is 2.14. The number of halogens is 2. The lowest BCUT2D eigenvalue weighted by Crippen LogP contribution is -2.24. The second-order valence-electron chi connectivity index (χ2n) is 4.85. The van der Waals surface area contributed by atoms with Gasteiger partial charge < -0.3 is 10.1 Å². The van der Waals surface area contributed by atoms with Gasteiger partial charge in [-0.2, -0.15) is 0 Å². The number of benzene rings is 2. The summed E-state index contributed by atoms with van der Waals surface area (Å²) < 4.78 is 31.4. The van der Waals surface area contributed by atoms with Crippen molar-refractivity contribution < 1.29 is 18.3 Å². The van der Waals surface area contributed by atoms with E-state index in [9.17, 15) is 13.6 Å². The fraction of sp³-hybridized carbons (Fsp3) is 0.0588. The molecule has 2 aromatic rings. The minimum absolute atomic E-state index is 0.179. The second-order valence-corrected chi connectivity index (χ2v) is 4.85. The van der Waals surface area contributed by atoms with E-state index >= 15 is 0 Å². The Bertz CT molecular complexity index is 844. The molecular weight excluding hydrogens is 302 g/mol. The molecule has 0 aliphatic carbocycles. The van der Waals surface area contributed by atoms with Crippen molar-refractivity contribution in [3.8, 4) is 5.75 Å². The second kappa shape index (κ2) is 6.00. The van der Waals surface area contributed by atoms with Gasteiger partial charge in [0.1, 0.15) is 17.3 Å². The van der Waals surface area contributed by atoms with E-state index in [2.05, 4.69) is 10.3 Å². The number of rotatable bonds is 3. The van der Waals surface area contributed by atoms with Crippen LogP contribution in [0.25, 0.3) is 6.08 Å². The minimum Gasteiger partial charge on any atom is -0.497 e. The molecule has 6 heteroatoms. The molecule has 0 bridgehead atoms. The number of carbonyl (C=O) groups excluding carboxylic acids is 1. The maximum atomic E-state index is 13.3. The van der Waals surface area contributed by atoms with Crippen molar-refractivity contribution in [1.29, 1.82) is 0 Å². The van der Waals surface area contributed by atoms with Crippen molar-refractivity contribution in [1.82, 2.24) is 5.32 Å². The Morgan fingerprint density at radius 2 is 1.96 bits per heavy atom. The monoisotopic (exact) mass is 314 g/mol. The van der Waals surface area contributed by atoms with Crippen LogP contribution in [-0.2, 0) is 4.79 Å². The summed E-state index contributed by atoms with van der Waals surface area (Å²) in [7, 11) is 1.55. The molecule has 1 N–H and O–H groups in total. The summed E-state index contributed by atoms with van der Waals surface area (Å²) in [5, 5.41) is 2.54. The van der Waals surface area contributed by atoms with Crippen LogP contribution in [-0.4, -0.2) is 18.9 Å². The van der Waals surface area contributed by atoms with Crippen LogP contribution in [0.3, 0.4) is 0 Å². The van der Waals surface area contributed by atoms with Crippen molar-refractivity contribution in [3.63, 3.8) is 0 Å². The number of amides is 1. The first-order valence-electron chi connectivity index (χ1n) is 6.78. The van der Waals surface area contributed by atoms with Crippen LogP contribution >= 0.6 is 0 Å². The summed E-state index contributed by atoms with van der Waals surface area (Å²) in [5.41, 5.74) is 1.22. The number of nitrogens with zero attached hydrogens (tertiary/aromatic N) is 1. The van der Waals surface area contributed by atoms with E-state index in [1.807, 2.05) is 0 Å². The lowest BCUT2D eigenvalue weighted by molar-refractivity contribution is -0.115. The number of amidine groups is 1. The molecule has 0 saturated carbocycles. The van der Waals surface area contributed by atoms with Crippen LogP contribution in [0.5, 0.6) is 5.75 Å². The van der Waals surface area contributed by atoms with Gasteiger partial charge in [0.15, 0.2) is 11.6 Å². The third-order valence-electron chi connectivity index (χ3n) is 3.29. The van der Waals surface area contributed by atoms with E-state index in [0.29, 0.717) is 11.3 Å². The first-order valence-corrected chi connectivity index (χ1v) is 6.78. The van der Waals surface area contributed by atoms with E-state index < -0.39 is 17.5 Å². The topological polar surface area (TPSA) is 50.7 Å². The smallest absolute Gasteiger partial charge is 0.275 e. The van der Waals surface area contributed by atoms with Crippen LogP contribution in [0.2, 0.25) is 0 Å². The molecule has 1 heterocycles.